The number of carbonyl (C=O) groups is 3. The molecular weight excluding hydrogens is 597 g/mol. The average molecular weight is 629 g/mol. The number of carbonyl (C=O) groups excluding carboxylic acids is 3. The van der Waals surface area contributed by atoms with Crippen molar-refractivity contribution in [3.8, 4) is 11.1 Å². The SMILES string of the molecule is CCOC(=O)c1c(CCc2ccc(C(F)(F)F)cc2)nc2c(c1-c1ccc(NC(=O)Nc3ccccc3)cc1)C(=O)N1CCC[C@@H]21. The molecule has 1 saturated heterocycles. The Morgan fingerprint density at radius 2 is 1.59 bits per heavy atom. The molecule has 0 unspecified atom stereocenters. The topological polar surface area (TPSA) is 101 Å². The van der Waals surface area contributed by atoms with Crippen molar-refractivity contribution in [1.82, 2.24) is 9.88 Å². The highest BCUT2D eigenvalue weighted by Crippen LogP contribution is 2.46. The zero-order valence-electron chi connectivity index (χ0n) is 25.0. The number of amides is 3. The van der Waals surface area contributed by atoms with E-state index in [0.29, 0.717) is 58.0 Å². The predicted octanol–water partition coefficient (Wildman–Crippen LogP) is 7.66. The number of pyridine rings is 1. The van der Waals surface area contributed by atoms with Crippen molar-refractivity contribution in [2.24, 2.45) is 0 Å². The van der Waals surface area contributed by atoms with E-state index in [1.807, 2.05) is 18.2 Å². The van der Waals surface area contributed by atoms with E-state index in [2.05, 4.69) is 10.6 Å². The molecule has 1 atom stereocenters. The van der Waals surface area contributed by atoms with Crippen molar-refractivity contribution >= 4 is 29.3 Å². The lowest BCUT2D eigenvalue weighted by Crippen LogP contribution is -2.23. The van der Waals surface area contributed by atoms with Crippen LogP contribution in [-0.2, 0) is 23.8 Å². The molecule has 1 fully saturated rings. The average Bonchev–Trinajstić information content (AvgIpc) is 3.62. The smallest absolute Gasteiger partial charge is 0.416 e. The first-order chi connectivity index (χ1) is 22.1. The highest BCUT2D eigenvalue weighted by atomic mass is 19.4. The molecule has 0 radical (unpaired) electrons. The number of rotatable bonds is 8. The number of benzene rings is 3. The van der Waals surface area contributed by atoms with Crippen LogP contribution >= 0.6 is 0 Å². The lowest BCUT2D eigenvalue weighted by Gasteiger charge is -2.18. The van der Waals surface area contributed by atoms with Gasteiger partial charge in [0, 0.05) is 23.5 Å². The highest BCUT2D eigenvalue weighted by Gasteiger charge is 2.44. The Morgan fingerprint density at radius 3 is 2.24 bits per heavy atom. The summed E-state index contributed by atoms with van der Waals surface area (Å²) in [5.74, 6) is -0.844. The van der Waals surface area contributed by atoms with Crippen LogP contribution in [0, 0.1) is 0 Å². The molecule has 2 aliphatic rings. The normalized spacial score (nSPS) is 15.3. The maximum atomic E-state index is 13.8. The van der Waals surface area contributed by atoms with Crippen molar-refractivity contribution < 1.29 is 32.3 Å². The van der Waals surface area contributed by atoms with E-state index in [0.717, 1.165) is 25.0 Å². The number of ether oxygens (including phenoxy) is 1. The number of nitrogens with zero attached hydrogens (tertiary/aromatic N) is 2. The molecule has 4 aromatic rings. The number of aryl methyl sites for hydroxylation is 2. The summed E-state index contributed by atoms with van der Waals surface area (Å²) in [6.07, 6.45) is -2.32. The van der Waals surface area contributed by atoms with E-state index in [1.165, 1.54) is 12.1 Å². The first-order valence-electron chi connectivity index (χ1n) is 15.1. The molecular formula is C35H31F3N4O4. The number of urea groups is 1. The molecule has 6 rings (SSSR count). The maximum Gasteiger partial charge on any atom is 0.416 e. The number of hydrogen-bond donors (Lipinski definition) is 2. The first-order valence-corrected chi connectivity index (χ1v) is 15.1. The zero-order valence-corrected chi connectivity index (χ0v) is 25.0. The molecule has 1 aromatic heterocycles. The molecule has 11 heteroatoms. The summed E-state index contributed by atoms with van der Waals surface area (Å²) >= 11 is 0. The molecule has 0 saturated carbocycles. The molecule has 46 heavy (non-hydrogen) atoms. The van der Waals surface area contributed by atoms with Crippen LogP contribution in [-0.4, -0.2) is 40.9 Å². The Bertz CT molecular complexity index is 1780. The van der Waals surface area contributed by atoms with Crippen molar-refractivity contribution in [3.05, 3.63) is 113 Å². The second-order valence-corrected chi connectivity index (χ2v) is 11.2. The summed E-state index contributed by atoms with van der Waals surface area (Å²) < 4.78 is 44.8. The molecule has 0 spiro atoms. The molecule has 236 valence electrons. The largest absolute Gasteiger partial charge is 0.462 e. The summed E-state index contributed by atoms with van der Waals surface area (Å²) in [4.78, 5) is 46.6. The Kier molecular flexibility index (Phi) is 8.48. The van der Waals surface area contributed by atoms with Crippen LogP contribution in [0.3, 0.4) is 0 Å². The van der Waals surface area contributed by atoms with Gasteiger partial charge in [-0.25, -0.2) is 9.59 Å². The molecule has 0 aliphatic carbocycles. The number of anilines is 2. The van der Waals surface area contributed by atoms with Gasteiger partial charge in [-0.15, -0.1) is 0 Å². The molecule has 2 aliphatic heterocycles. The van der Waals surface area contributed by atoms with Gasteiger partial charge in [0.2, 0.25) is 0 Å². The van der Waals surface area contributed by atoms with Crippen molar-refractivity contribution in [2.45, 2.75) is 44.8 Å². The molecule has 0 bridgehead atoms. The van der Waals surface area contributed by atoms with E-state index in [-0.39, 0.29) is 30.5 Å². The van der Waals surface area contributed by atoms with Gasteiger partial charge in [-0.05, 0) is 80.1 Å². The van der Waals surface area contributed by atoms with E-state index >= 15 is 0 Å². The first kappa shape index (κ1) is 30.8. The summed E-state index contributed by atoms with van der Waals surface area (Å²) in [5.41, 5.74) is 3.53. The van der Waals surface area contributed by atoms with E-state index < -0.39 is 23.7 Å². The zero-order chi connectivity index (χ0) is 32.4. The van der Waals surface area contributed by atoms with Crippen LogP contribution < -0.4 is 10.6 Å². The molecule has 8 nitrogen and oxygen atoms in total. The predicted molar refractivity (Wildman–Crippen MR) is 167 cm³/mol. The van der Waals surface area contributed by atoms with E-state index in [1.54, 1.807) is 48.2 Å². The number of fused-ring (bicyclic) bond motifs is 3. The quantitative estimate of drug-likeness (QED) is 0.195. The van der Waals surface area contributed by atoms with Gasteiger partial charge in [-0.3, -0.25) is 9.78 Å². The standard InChI is InChI=1S/C35H31F3N4O4/c1-2-46-33(44)29-26(19-12-21-10-15-23(16-11-21)35(36,37)38)41-31-27-9-6-20-42(27)32(43)30(31)28(29)22-13-17-25(18-14-22)40-34(45)39-24-7-4-3-5-8-24/h3-5,7-8,10-11,13-18,27H,2,6,9,12,19-20H2,1H3,(H2,39,40,45)/t27-/m0/s1. The van der Waals surface area contributed by atoms with Crippen LogP contribution in [0.1, 0.15) is 69.0 Å². The molecule has 3 amide bonds. The van der Waals surface area contributed by atoms with Crippen LogP contribution in [0.5, 0.6) is 0 Å². The van der Waals surface area contributed by atoms with Crippen molar-refractivity contribution in [2.75, 3.05) is 23.8 Å². The Labute approximate surface area is 263 Å². The maximum absolute atomic E-state index is 13.8. The summed E-state index contributed by atoms with van der Waals surface area (Å²) in [7, 11) is 0. The van der Waals surface area contributed by atoms with Crippen molar-refractivity contribution in [3.63, 3.8) is 0 Å². The highest BCUT2D eigenvalue weighted by molar-refractivity contribution is 6.11. The van der Waals surface area contributed by atoms with E-state index in [4.69, 9.17) is 9.72 Å². The number of para-hydroxylation sites is 1. The molecule has 3 heterocycles. The second-order valence-electron chi connectivity index (χ2n) is 11.2. The van der Waals surface area contributed by atoms with Crippen LogP contribution in [0.25, 0.3) is 11.1 Å². The third kappa shape index (κ3) is 6.17. The number of esters is 1. The van der Waals surface area contributed by atoms with Gasteiger partial charge in [-0.2, -0.15) is 13.2 Å². The lowest BCUT2D eigenvalue weighted by molar-refractivity contribution is -0.137. The minimum Gasteiger partial charge on any atom is -0.462 e. The van der Waals surface area contributed by atoms with Gasteiger partial charge in [0.05, 0.1) is 40.7 Å². The number of aromatic nitrogens is 1. The Morgan fingerprint density at radius 1 is 0.913 bits per heavy atom. The van der Waals surface area contributed by atoms with Gasteiger partial charge in [0.25, 0.3) is 5.91 Å². The Hall–Kier alpha value is -5.19. The second kappa shape index (κ2) is 12.7. The molecule has 2 N–H and O–H groups in total. The summed E-state index contributed by atoms with van der Waals surface area (Å²) in [6.45, 7) is 2.35. The molecule has 3 aromatic carbocycles. The van der Waals surface area contributed by atoms with Crippen LogP contribution in [0.4, 0.5) is 29.3 Å². The summed E-state index contributed by atoms with van der Waals surface area (Å²) in [5, 5.41) is 5.54. The minimum atomic E-state index is -4.44. The number of alkyl halides is 3. The fraction of sp³-hybridized carbons (Fsp3) is 0.257. The number of halogens is 3. The van der Waals surface area contributed by atoms with Gasteiger partial charge < -0.3 is 20.3 Å². The Balaban J connectivity index is 1.38. The number of nitrogens with one attached hydrogen (secondary N) is 2. The van der Waals surface area contributed by atoms with E-state index in [9.17, 15) is 27.6 Å². The minimum absolute atomic E-state index is 0.0930. The monoisotopic (exact) mass is 628 g/mol. The fourth-order valence-electron chi connectivity index (χ4n) is 6.10. The number of hydrogen-bond acceptors (Lipinski definition) is 5. The van der Waals surface area contributed by atoms with Gasteiger partial charge in [0.15, 0.2) is 0 Å². The fourth-order valence-corrected chi connectivity index (χ4v) is 6.10. The third-order valence-electron chi connectivity index (χ3n) is 8.22. The van der Waals surface area contributed by atoms with Crippen LogP contribution in [0.15, 0.2) is 78.9 Å². The van der Waals surface area contributed by atoms with Gasteiger partial charge >= 0.3 is 18.2 Å². The van der Waals surface area contributed by atoms with Gasteiger partial charge in [-0.1, -0.05) is 42.5 Å². The van der Waals surface area contributed by atoms with Gasteiger partial charge in [0.1, 0.15) is 0 Å². The van der Waals surface area contributed by atoms with Crippen molar-refractivity contribution in [1.29, 1.82) is 0 Å². The summed E-state index contributed by atoms with van der Waals surface area (Å²) in [6, 6.07) is 20.1. The van der Waals surface area contributed by atoms with Crippen LogP contribution in [0.2, 0.25) is 0 Å². The lowest BCUT2D eigenvalue weighted by atomic mass is 9.89. The third-order valence-corrected chi connectivity index (χ3v) is 8.22.